The van der Waals surface area contributed by atoms with Crippen molar-refractivity contribution >= 4 is 133 Å². The molecule has 3 aromatic carbocycles. The summed E-state index contributed by atoms with van der Waals surface area (Å²) in [5.41, 5.74) is 28.1. The van der Waals surface area contributed by atoms with E-state index in [0.29, 0.717) is 23.4 Å². The largest absolute Gasteiger partial charge is 2.00 e. The Morgan fingerprint density at radius 1 is 0.392 bits per heavy atom. The molecule has 0 saturated heterocycles. The van der Waals surface area contributed by atoms with E-state index < -0.39 is 5.97 Å². The molecule has 0 atom stereocenters. The van der Waals surface area contributed by atoms with Crippen LogP contribution in [0.25, 0.3) is 160 Å². The number of nitrogens with zero attached hydrogens (tertiary/aromatic N) is 10. The van der Waals surface area contributed by atoms with Gasteiger partial charge >= 0.3 is 44.9 Å². The van der Waals surface area contributed by atoms with E-state index >= 15 is 0 Å². The zero-order chi connectivity index (χ0) is 67.0. The van der Waals surface area contributed by atoms with Crippen molar-refractivity contribution in [3.63, 3.8) is 0 Å². The Bertz CT molecular complexity index is 6360. The van der Waals surface area contributed by atoms with Crippen molar-refractivity contribution in [1.29, 1.82) is 0 Å². The molecule has 12 aromatic rings. The molecule has 6 aliphatic rings. The maximum atomic E-state index is 12.8. The van der Waals surface area contributed by atoms with Gasteiger partial charge in [0.25, 0.3) is 0 Å². The fourth-order valence-corrected chi connectivity index (χ4v) is 13.3. The van der Waals surface area contributed by atoms with Crippen molar-refractivity contribution in [3.8, 4) is 57.1 Å². The Balaban J connectivity index is 0.00000403. The molecule has 6 aliphatic heterocycles. The first kappa shape index (κ1) is 64.2. The van der Waals surface area contributed by atoms with Crippen LogP contribution in [-0.2, 0) is 55.5 Å². The molecule has 0 radical (unpaired) electrons. The molecule has 102 heavy (non-hydrogen) atoms. The standard InChI is InChI=1S/C86H55N12O2.2Zn/c1-86(2)49-72-47-79-57(15-9-51-6-12-53(13-7-51)83-75-35-30-68(93-75)44-64-26-22-60(89-64)41-61-23-27-65(90-61)45-69-31-36-76(83)94-69)39-80(98-79)84(54-16-18-55(19-17-54)85(99)100-3)77-37-32-70(95-77)46-78-56(38-71(96-78)48-81(86)97-72)14-8-50-4-10-52(11-5-50)82-73-33-28-66(91-73)42-62-24-20-58(87-62)40-59-21-25-63(88-59)43-67-29-34-74(82)92-67;;/h4-7,10-13,16-48H,49H2,1-3H3,(H3-3,87,88,89,90,91,92,93,94,95,96,97,98,99);;/q-3;2*+2/p-1. The maximum absolute atomic E-state index is 12.8. The first-order valence-electron chi connectivity index (χ1n) is 32.8. The third-order valence-electron chi connectivity index (χ3n) is 18.2. The monoisotopic (exact) mass is 1410 g/mol. The molecule has 0 fully saturated rings. The predicted molar refractivity (Wildman–Crippen MR) is 400 cm³/mol. The Kier molecular flexibility index (Phi) is 16.6. The molecule has 0 amide bonds. The number of aromatic nitrogens is 12. The summed E-state index contributed by atoms with van der Waals surface area (Å²) in [6.45, 7) is 4.44. The first-order valence-corrected chi connectivity index (χ1v) is 32.8. The van der Waals surface area contributed by atoms with Gasteiger partial charge in [-0.3, -0.25) is 4.98 Å². The zero-order valence-electron chi connectivity index (χ0n) is 55.6. The number of ether oxygens (including phenoxy) is 1. The molecule has 0 saturated carbocycles. The van der Waals surface area contributed by atoms with Crippen molar-refractivity contribution in [3.05, 3.63) is 284 Å². The number of aromatic amines is 2. The quantitative estimate of drug-likeness (QED) is 0.0964. The van der Waals surface area contributed by atoms with Crippen molar-refractivity contribution in [2.75, 3.05) is 7.11 Å². The molecular formula is C86H54N12O2Zn2. The zero-order valence-corrected chi connectivity index (χ0v) is 61.5. The number of carbonyl (C=O) groups is 1. The average Bonchev–Trinajstić information content (AvgIpc) is 1.62. The van der Waals surface area contributed by atoms with Crippen LogP contribution >= 0.6 is 0 Å². The predicted octanol–water partition coefficient (Wildman–Crippen LogP) is 17.0. The molecule has 16 heteroatoms. The van der Waals surface area contributed by atoms with Gasteiger partial charge in [-0.15, -0.1) is 44.1 Å². The van der Waals surface area contributed by atoms with Gasteiger partial charge in [-0.2, -0.15) is 0 Å². The van der Waals surface area contributed by atoms with E-state index in [0.717, 1.165) is 179 Å². The summed E-state index contributed by atoms with van der Waals surface area (Å²) >= 11 is 0. The van der Waals surface area contributed by atoms with Gasteiger partial charge in [-0.05, 0) is 155 Å². The Morgan fingerprint density at radius 2 is 0.794 bits per heavy atom. The SMILES string of the molecule is COC(=O)c1ccc(-c2c3nc(cc4[nH]c(cc5nc(cc6[nH]c2cc6C#Cc2ccc(-c6c7nc(cc8ccc(cc9nc(cc%10ccc6[n-]%10)C=C9)[n-]8)C=C7)cc2)CC5(C)C)cc4C#Cc2ccc(-c4c5nc(cc6ccc(cc7nc(cc8ccc4[n-]8)C=C7)[n-]6)C=C5)cc2)C=C3)cc1.[Zn+2].[Zn+2]. The summed E-state index contributed by atoms with van der Waals surface area (Å²) in [6, 6.07) is 62.3. The second-order valence-corrected chi connectivity index (χ2v) is 25.7. The molecule has 0 spiro atoms. The minimum atomic E-state index is -0.427. The number of fused-ring (bicyclic) bond motifs is 24. The van der Waals surface area contributed by atoms with Gasteiger partial charge in [0.1, 0.15) is 0 Å². The van der Waals surface area contributed by atoms with E-state index in [-0.39, 0.29) is 44.4 Å². The van der Waals surface area contributed by atoms with Crippen LogP contribution in [0.15, 0.2) is 188 Å². The van der Waals surface area contributed by atoms with E-state index in [2.05, 4.69) is 96.0 Å². The maximum Gasteiger partial charge on any atom is 2.00 e. The van der Waals surface area contributed by atoms with Crippen LogP contribution in [0.5, 0.6) is 0 Å². The van der Waals surface area contributed by atoms with Gasteiger partial charge in [0, 0.05) is 50.9 Å². The first-order chi connectivity index (χ1) is 48.9. The van der Waals surface area contributed by atoms with Crippen LogP contribution in [0.2, 0.25) is 0 Å². The number of benzene rings is 3. The Morgan fingerprint density at radius 3 is 1.28 bits per heavy atom. The summed E-state index contributed by atoms with van der Waals surface area (Å²) in [4.78, 5) is 70.6. The third-order valence-corrected chi connectivity index (χ3v) is 18.2. The number of H-pyrrole nitrogens is 2. The van der Waals surface area contributed by atoms with Gasteiger partial charge in [0.15, 0.2) is 0 Å². The number of rotatable bonds is 4. The normalized spacial score (nSPS) is 12.8. The molecule has 0 unspecified atom stereocenters. The van der Waals surface area contributed by atoms with Crippen LogP contribution in [0.3, 0.4) is 0 Å². The van der Waals surface area contributed by atoms with Crippen LogP contribution in [0.4, 0.5) is 0 Å². The fourth-order valence-electron chi connectivity index (χ4n) is 13.3. The molecular weight excluding hydrogens is 1360 g/mol. The van der Waals surface area contributed by atoms with Crippen molar-refractivity contribution in [2.45, 2.75) is 25.7 Å². The van der Waals surface area contributed by atoms with Crippen LogP contribution in [0, 0.1) is 23.7 Å². The number of carbonyl (C=O) groups excluding carboxylic acids is 1. The molecule has 2 N–H and O–H groups in total. The van der Waals surface area contributed by atoms with E-state index in [1.54, 1.807) is 12.1 Å². The van der Waals surface area contributed by atoms with Crippen molar-refractivity contribution in [1.82, 2.24) is 59.8 Å². The van der Waals surface area contributed by atoms with E-state index in [9.17, 15) is 4.79 Å². The molecule has 14 nitrogen and oxygen atoms in total. The van der Waals surface area contributed by atoms with Crippen molar-refractivity contribution < 1.29 is 48.5 Å². The third kappa shape index (κ3) is 12.9. The van der Waals surface area contributed by atoms with Gasteiger partial charge in [-0.25, -0.2) is 29.7 Å². The number of hydrogen-bond acceptors (Lipinski definition) is 8. The van der Waals surface area contributed by atoms with Crippen molar-refractivity contribution in [2.24, 2.45) is 0 Å². The molecule has 9 aromatic heterocycles. The molecule has 474 valence electrons. The Labute approximate surface area is 610 Å². The van der Waals surface area contributed by atoms with E-state index in [4.69, 9.17) is 54.6 Å². The average molecular weight is 1420 g/mol. The Hall–Kier alpha value is -12.4. The molecule has 0 aliphatic carbocycles. The topological polar surface area (TPSA) is 192 Å². The summed E-state index contributed by atoms with van der Waals surface area (Å²) in [7, 11) is 1.38. The van der Waals surface area contributed by atoms with Gasteiger partial charge < -0.3 is 34.6 Å². The summed E-state index contributed by atoms with van der Waals surface area (Å²) in [6.07, 6.45) is 20.8. The minimum Gasteiger partial charge on any atom is -0.658 e. The minimum absolute atomic E-state index is 0. The van der Waals surface area contributed by atoms with Crippen LogP contribution < -0.4 is 19.9 Å². The van der Waals surface area contributed by atoms with Gasteiger partial charge in [0.05, 0.1) is 91.8 Å². The van der Waals surface area contributed by atoms with E-state index in [1.807, 2.05) is 188 Å². The van der Waals surface area contributed by atoms with Crippen LogP contribution in [-0.4, -0.2) is 53.0 Å². The number of hydrogen-bond donors (Lipinski definition) is 2. The summed E-state index contributed by atoms with van der Waals surface area (Å²) in [5, 5.41) is 0. The second-order valence-electron chi connectivity index (χ2n) is 25.7. The van der Waals surface area contributed by atoms with E-state index in [1.165, 1.54) is 7.11 Å². The number of nitrogens with one attached hydrogen (secondary N) is 2. The molecule has 15 heterocycles. The summed E-state index contributed by atoms with van der Waals surface area (Å²) < 4.78 is 5.11. The molecule has 18 rings (SSSR count). The number of methoxy groups -OCH3 is 1. The number of esters is 1. The fraction of sp³-hybridized carbons (Fsp3) is 0.0581. The van der Waals surface area contributed by atoms with Gasteiger partial charge in [-0.1, -0.05) is 159 Å². The molecule has 24 bridgehead atoms. The second kappa shape index (κ2) is 26.3. The van der Waals surface area contributed by atoms with Gasteiger partial charge in [0.2, 0.25) is 0 Å². The summed E-state index contributed by atoms with van der Waals surface area (Å²) in [5.74, 6) is 13.7. The smallest absolute Gasteiger partial charge is 0.658 e. The van der Waals surface area contributed by atoms with Crippen LogP contribution in [0.1, 0.15) is 115 Å².